The fourth-order valence-electron chi connectivity index (χ4n) is 3.88. The van der Waals surface area contributed by atoms with E-state index in [1.807, 2.05) is 18.2 Å². The molecule has 3 rings (SSSR count). The highest BCUT2D eigenvalue weighted by atomic mass is 35.5. The van der Waals surface area contributed by atoms with E-state index in [1.165, 1.54) is 0 Å². The number of halogens is 1. The molecule has 2 aliphatic rings. The largest absolute Gasteiger partial charge is 0.480 e. The summed E-state index contributed by atoms with van der Waals surface area (Å²) in [7, 11) is 1.76. The Balaban J connectivity index is 1.99. The van der Waals surface area contributed by atoms with Crippen LogP contribution in [0.25, 0.3) is 0 Å². The Hall–Kier alpha value is -1.63. The summed E-state index contributed by atoms with van der Waals surface area (Å²) in [5, 5.41) is 10.3. The summed E-state index contributed by atoms with van der Waals surface area (Å²) in [5.41, 5.74) is -0.320. The molecule has 2 saturated heterocycles. The van der Waals surface area contributed by atoms with Gasteiger partial charge in [-0.3, -0.25) is 14.5 Å². The maximum atomic E-state index is 13.2. The molecule has 1 N–H and O–H groups in total. The molecule has 0 spiro atoms. The second-order valence-electron chi connectivity index (χ2n) is 6.90. The lowest BCUT2D eigenvalue weighted by atomic mass is 9.89. The first kappa shape index (κ1) is 18.2. The normalized spacial score (nSPS) is 30.4. The van der Waals surface area contributed by atoms with Crippen LogP contribution in [0.4, 0.5) is 0 Å². The summed E-state index contributed by atoms with van der Waals surface area (Å²) >= 11 is 6.38. The number of carbonyl (C=O) groups excluding carboxylic acids is 1. The summed E-state index contributed by atoms with van der Waals surface area (Å²) in [6.45, 7) is 3.78. The molecule has 0 radical (unpaired) electrons. The molecule has 1 aromatic carbocycles. The molecule has 7 heteroatoms. The summed E-state index contributed by atoms with van der Waals surface area (Å²) in [6, 6.07) is 6.97. The van der Waals surface area contributed by atoms with Crippen molar-refractivity contribution in [1.82, 2.24) is 9.80 Å². The van der Waals surface area contributed by atoms with Crippen molar-refractivity contribution in [2.75, 3.05) is 33.4 Å². The lowest BCUT2D eigenvalue weighted by Gasteiger charge is -2.34. The van der Waals surface area contributed by atoms with Crippen molar-refractivity contribution in [3.63, 3.8) is 0 Å². The zero-order chi connectivity index (χ0) is 18.2. The average Bonchev–Trinajstić information content (AvgIpc) is 2.88. The van der Waals surface area contributed by atoms with E-state index in [0.29, 0.717) is 31.3 Å². The maximum Gasteiger partial charge on any atom is 0.323 e. The van der Waals surface area contributed by atoms with E-state index < -0.39 is 17.4 Å². The van der Waals surface area contributed by atoms with Gasteiger partial charge < -0.3 is 14.7 Å². The molecular weight excluding hydrogens is 344 g/mol. The van der Waals surface area contributed by atoms with Crippen molar-refractivity contribution >= 4 is 23.5 Å². The summed E-state index contributed by atoms with van der Waals surface area (Å²) in [5.74, 6) is -1.40. The molecule has 2 fully saturated rings. The van der Waals surface area contributed by atoms with Gasteiger partial charge in [-0.05, 0) is 32.0 Å². The van der Waals surface area contributed by atoms with Gasteiger partial charge in [0.1, 0.15) is 5.54 Å². The smallest absolute Gasteiger partial charge is 0.323 e. The van der Waals surface area contributed by atoms with Crippen LogP contribution in [-0.4, -0.2) is 65.7 Å². The Morgan fingerprint density at radius 2 is 1.92 bits per heavy atom. The second kappa shape index (κ2) is 6.94. The number of carboxylic acid groups (broad SMARTS) is 1. The van der Waals surface area contributed by atoms with Crippen LogP contribution in [0.5, 0.6) is 0 Å². The minimum Gasteiger partial charge on any atom is -0.480 e. The Bertz CT molecular complexity index is 677. The highest BCUT2D eigenvalue weighted by Crippen LogP contribution is 2.48. The van der Waals surface area contributed by atoms with Gasteiger partial charge in [0.15, 0.2) is 0 Å². The van der Waals surface area contributed by atoms with E-state index in [2.05, 4.69) is 0 Å². The number of benzene rings is 1. The van der Waals surface area contributed by atoms with E-state index in [0.717, 1.165) is 5.56 Å². The Morgan fingerprint density at radius 3 is 2.52 bits per heavy atom. The van der Waals surface area contributed by atoms with Gasteiger partial charge >= 0.3 is 5.97 Å². The molecule has 0 unspecified atom stereocenters. The van der Waals surface area contributed by atoms with E-state index in [1.54, 1.807) is 29.8 Å². The van der Waals surface area contributed by atoms with Gasteiger partial charge in [-0.2, -0.15) is 0 Å². The molecule has 0 aliphatic carbocycles. The monoisotopic (exact) mass is 366 g/mol. The SMILES string of the molecule is CN1[C@H](c2ccccc2Cl)[C@H](C(=O)N2CCOCC2)C[C@]1(C)C(=O)O. The first-order chi connectivity index (χ1) is 11.9. The number of aliphatic carboxylic acids is 1. The Labute approximate surface area is 152 Å². The molecule has 0 bridgehead atoms. The third-order valence-corrected chi connectivity index (χ3v) is 5.86. The van der Waals surface area contributed by atoms with Crippen molar-refractivity contribution in [3.8, 4) is 0 Å². The lowest BCUT2D eigenvalue weighted by Crippen LogP contribution is -2.46. The molecule has 1 amide bonds. The van der Waals surface area contributed by atoms with E-state index >= 15 is 0 Å². The number of hydrogen-bond donors (Lipinski definition) is 1. The average molecular weight is 367 g/mol. The third-order valence-electron chi connectivity index (χ3n) is 5.52. The molecule has 6 nitrogen and oxygen atoms in total. The first-order valence-corrected chi connectivity index (χ1v) is 8.81. The molecule has 136 valence electrons. The summed E-state index contributed by atoms with van der Waals surface area (Å²) in [6.07, 6.45) is 0.255. The van der Waals surface area contributed by atoms with Gasteiger partial charge in [-0.25, -0.2) is 0 Å². The molecule has 25 heavy (non-hydrogen) atoms. The summed E-state index contributed by atoms with van der Waals surface area (Å²) < 4.78 is 5.32. The van der Waals surface area contributed by atoms with Crippen molar-refractivity contribution in [3.05, 3.63) is 34.9 Å². The van der Waals surface area contributed by atoms with E-state index in [-0.39, 0.29) is 18.4 Å². The minimum atomic E-state index is -1.11. The quantitative estimate of drug-likeness (QED) is 0.886. The number of rotatable bonds is 3. The third kappa shape index (κ3) is 3.14. The predicted molar refractivity (Wildman–Crippen MR) is 93.5 cm³/mol. The van der Waals surface area contributed by atoms with Crippen LogP contribution in [0.1, 0.15) is 24.9 Å². The lowest BCUT2D eigenvalue weighted by molar-refractivity contribution is -0.148. The zero-order valence-corrected chi connectivity index (χ0v) is 15.2. The fourth-order valence-corrected chi connectivity index (χ4v) is 4.13. The summed E-state index contributed by atoms with van der Waals surface area (Å²) in [4.78, 5) is 28.6. The van der Waals surface area contributed by atoms with E-state index in [4.69, 9.17) is 16.3 Å². The standard InChI is InChI=1S/C18H23ClN2O4/c1-18(17(23)24)11-13(16(22)21-7-9-25-10-8-21)15(20(18)2)12-5-3-4-6-14(12)19/h3-6,13,15H,7-11H2,1-2H3,(H,23,24)/t13-,15-,18-/m1/s1. The van der Waals surface area contributed by atoms with Crippen molar-refractivity contribution in [1.29, 1.82) is 0 Å². The number of ether oxygens (including phenoxy) is 1. The highest BCUT2D eigenvalue weighted by Gasteiger charge is 2.55. The number of carbonyl (C=O) groups is 2. The second-order valence-corrected chi connectivity index (χ2v) is 7.31. The molecule has 0 aromatic heterocycles. The van der Waals surface area contributed by atoms with Crippen LogP contribution in [0.3, 0.4) is 0 Å². The van der Waals surface area contributed by atoms with Gasteiger partial charge in [0.05, 0.1) is 19.1 Å². The number of likely N-dealkylation sites (tertiary alicyclic amines) is 1. The Kier molecular flexibility index (Phi) is 5.04. The fraction of sp³-hybridized carbons (Fsp3) is 0.556. The number of amides is 1. The number of carboxylic acids is 1. The predicted octanol–water partition coefficient (Wildman–Crippen LogP) is 2.03. The molecule has 2 heterocycles. The number of nitrogens with zero attached hydrogens (tertiary/aromatic N) is 2. The number of likely N-dealkylation sites (N-methyl/N-ethyl adjacent to an activating group) is 1. The Morgan fingerprint density at radius 1 is 1.28 bits per heavy atom. The van der Waals surface area contributed by atoms with Gasteiger partial charge in [0, 0.05) is 24.2 Å². The van der Waals surface area contributed by atoms with Gasteiger partial charge in [-0.15, -0.1) is 0 Å². The topological polar surface area (TPSA) is 70.1 Å². The maximum absolute atomic E-state index is 13.2. The van der Waals surface area contributed by atoms with Crippen LogP contribution < -0.4 is 0 Å². The molecule has 3 atom stereocenters. The number of hydrogen-bond acceptors (Lipinski definition) is 4. The first-order valence-electron chi connectivity index (χ1n) is 8.43. The van der Waals surface area contributed by atoms with Crippen LogP contribution in [0.15, 0.2) is 24.3 Å². The van der Waals surface area contributed by atoms with Crippen LogP contribution >= 0.6 is 11.6 Å². The molecule has 1 aromatic rings. The van der Waals surface area contributed by atoms with Gasteiger partial charge in [-0.1, -0.05) is 29.8 Å². The minimum absolute atomic E-state index is 0.0231. The molecular formula is C18H23ClN2O4. The molecule has 2 aliphatic heterocycles. The van der Waals surface area contributed by atoms with Crippen molar-refractivity contribution in [2.24, 2.45) is 5.92 Å². The van der Waals surface area contributed by atoms with Crippen molar-refractivity contribution < 1.29 is 19.4 Å². The molecule has 0 saturated carbocycles. The van der Waals surface area contributed by atoms with Crippen molar-refractivity contribution in [2.45, 2.75) is 24.9 Å². The number of morpholine rings is 1. The highest BCUT2D eigenvalue weighted by molar-refractivity contribution is 6.31. The zero-order valence-electron chi connectivity index (χ0n) is 14.4. The van der Waals surface area contributed by atoms with Crippen LogP contribution in [0.2, 0.25) is 5.02 Å². The van der Waals surface area contributed by atoms with E-state index in [9.17, 15) is 14.7 Å². The van der Waals surface area contributed by atoms with Gasteiger partial charge in [0.2, 0.25) is 5.91 Å². The van der Waals surface area contributed by atoms with Crippen LogP contribution in [-0.2, 0) is 14.3 Å². The van der Waals surface area contributed by atoms with Crippen LogP contribution in [0, 0.1) is 5.92 Å². The van der Waals surface area contributed by atoms with Gasteiger partial charge in [0.25, 0.3) is 0 Å².